The van der Waals surface area contributed by atoms with Gasteiger partial charge in [-0.25, -0.2) is 9.59 Å². The highest BCUT2D eigenvalue weighted by atomic mass is 32.2. The number of hydrogen-bond acceptors (Lipinski definition) is 8. The second kappa shape index (κ2) is 13.9. The minimum Gasteiger partial charge on any atom is -0.478 e. The molecule has 12 heteroatoms. The van der Waals surface area contributed by atoms with Crippen LogP contribution in [0.2, 0.25) is 0 Å². The molecule has 0 saturated heterocycles. The number of anilines is 2. The number of fused-ring (bicyclic) bond motifs is 2. The third-order valence-electron chi connectivity index (χ3n) is 7.47. The first kappa shape index (κ1) is 33.5. The number of aromatic carboxylic acids is 1. The van der Waals surface area contributed by atoms with Crippen molar-refractivity contribution >= 4 is 68.4 Å². The van der Waals surface area contributed by atoms with E-state index >= 15 is 0 Å². The van der Waals surface area contributed by atoms with Gasteiger partial charge in [-0.2, -0.15) is 5.26 Å². The molecule has 2 heterocycles. The van der Waals surface area contributed by atoms with Crippen LogP contribution < -0.4 is 10.6 Å². The molecule has 1 aliphatic heterocycles. The zero-order valence-corrected chi connectivity index (χ0v) is 28.0. The van der Waals surface area contributed by atoms with E-state index in [2.05, 4.69) is 16.7 Å². The molecule has 3 aromatic carbocycles. The molecular formula is C35H34N4O6S2. The maximum absolute atomic E-state index is 13.5. The van der Waals surface area contributed by atoms with Crippen LogP contribution in [0.25, 0.3) is 10.8 Å². The first-order valence-corrected chi connectivity index (χ1v) is 16.7. The monoisotopic (exact) mass is 670 g/mol. The van der Waals surface area contributed by atoms with Crippen molar-refractivity contribution in [3.05, 3.63) is 87.8 Å². The van der Waals surface area contributed by atoms with Gasteiger partial charge in [0.2, 0.25) is 5.91 Å². The molecule has 47 heavy (non-hydrogen) atoms. The number of hydrogen-bond donors (Lipinski definition) is 3. The molecule has 0 saturated carbocycles. The van der Waals surface area contributed by atoms with Crippen molar-refractivity contribution in [3.63, 3.8) is 0 Å². The molecule has 1 aromatic heterocycles. The van der Waals surface area contributed by atoms with Crippen LogP contribution in [0.3, 0.4) is 0 Å². The van der Waals surface area contributed by atoms with E-state index in [1.807, 2.05) is 33.8 Å². The molecule has 0 bridgehead atoms. The van der Waals surface area contributed by atoms with Crippen LogP contribution in [-0.2, 0) is 22.5 Å². The minimum absolute atomic E-state index is 0.0425. The second-order valence-corrected chi connectivity index (χ2v) is 14.4. The van der Waals surface area contributed by atoms with Crippen LogP contribution in [0.4, 0.5) is 15.5 Å². The lowest BCUT2D eigenvalue weighted by atomic mass is 9.98. The Morgan fingerprint density at radius 1 is 1.06 bits per heavy atom. The Balaban J connectivity index is 1.29. The number of nitrogens with one attached hydrogen (secondary N) is 2. The predicted octanol–water partition coefficient (Wildman–Crippen LogP) is 7.53. The van der Waals surface area contributed by atoms with Gasteiger partial charge >= 0.3 is 12.1 Å². The molecule has 242 valence electrons. The number of ether oxygens (including phenoxy) is 1. The summed E-state index contributed by atoms with van der Waals surface area (Å²) in [5, 5.41) is 26.4. The second-order valence-electron chi connectivity index (χ2n) is 12.0. The molecule has 5 rings (SSSR count). The molecule has 0 radical (unpaired) electrons. The Labute approximate surface area is 280 Å². The van der Waals surface area contributed by atoms with Gasteiger partial charge in [0, 0.05) is 33.0 Å². The summed E-state index contributed by atoms with van der Waals surface area (Å²) in [5.41, 5.74) is 1.42. The van der Waals surface area contributed by atoms with Gasteiger partial charge in [-0.15, -0.1) is 23.1 Å². The first-order valence-electron chi connectivity index (χ1n) is 15.0. The zero-order valence-electron chi connectivity index (χ0n) is 26.4. The fraction of sp³-hybridized carbons (Fsp3) is 0.286. The number of carboxylic acids is 1. The molecule has 4 aromatic rings. The lowest BCUT2D eigenvalue weighted by Gasteiger charge is -2.29. The molecule has 3 N–H and O–H groups in total. The molecule has 0 spiro atoms. The number of thiophene rings is 1. The summed E-state index contributed by atoms with van der Waals surface area (Å²) in [6.45, 7) is 8.05. The quantitative estimate of drug-likeness (QED) is 0.163. The van der Waals surface area contributed by atoms with Crippen LogP contribution in [0.15, 0.2) is 65.6 Å². The van der Waals surface area contributed by atoms with Crippen molar-refractivity contribution in [3.8, 4) is 6.07 Å². The van der Waals surface area contributed by atoms with Crippen molar-refractivity contribution in [2.75, 3.05) is 17.2 Å². The van der Waals surface area contributed by atoms with Crippen LogP contribution >= 0.6 is 23.1 Å². The summed E-state index contributed by atoms with van der Waals surface area (Å²) in [6, 6.07) is 19.3. The lowest BCUT2D eigenvalue weighted by molar-refractivity contribution is -0.115. The van der Waals surface area contributed by atoms with Gasteiger partial charge in [0.15, 0.2) is 0 Å². The largest absolute Gasteiger partial charge is 0.478 e. The van der Waals surface area contributed by atoms with Gasteiger partial charge in [0.05, 0.1) is 22.9 Å². The van der Waals surface area contributed by atoms with E-state index in [0.29, 0.717) is 53.0 Å². The molecule has 10 nitrogen and oxygen atoms in total. The summed E-state index contributed by atoms with van der Waals surface area (Å²) in [7, 11) is 0. The summed E-state index contributed by atoms with van der Waals surface area (Å²) in [4.78, 5) is 54.5. The SMILES string of the molecule is CCC(Sc1cccc(NC(=O)c2cccc3cccc(C(=O)O)c23)c1)C(=O)Nc1sc2c(c1C#N)CCN(C(=O)OC(C)(C)C)C2. The number of nitriles is 1. The smallest absolute Gasteiger partial charge is 0.410 e. The molecule has 0 fully saturated rings. The number of carbonyl (C=O) groups excluding carboxylic acids is 3. The maximum atomic E-state index is 13.5. The van der Waals surface area contributed by atoms with Crippen LogP contribution in [-0.4, -0.2) is 51.3 Å². The van der Waals surface area contributed by atoms with Gasteiger partial charge in [0.25, 0.3) is 5.91 Å². The van der Waals surface area contributed by atoms with Crippen molar-refractivity contribution in [1.82, 2.24) is 4.90 Å². The number of rotatable bonds is 8. The third-order valence-corrected chi connectivity index (χ3v) is 9.96. The molecule has 1 unspecified atom stereocenters. The Kier molecular flexibility index (Phi) is 9.88. The predicted molar refractivity (Wildman–Crippen MR) is 183 cm³/mol. The molecule has 1 aliphatic rings. The van der Waals surface area contributed by atoms with Gasteiger partial charge in [0.1, 0.15) is 16.7 Å². The van der Waals surface area contributed by atoms with Gasteiger partial charge in [-0.3, -0.25) is 9.59 Å². The summed E-state index contributed by atoms with van der Waals surface area (Å²) >= 11 is 2.63. The third kappa shape index (κ3) is 7.59. The fourth-order valence-corrected chi connectivity index (χ4v) is 7.56. The standard InChI is InChI=1S/C35H34N4O6S2/c1-5-27(31(41)38-32-26(18-36)23-15-16-39(19-28(23)47-32)34(44)45-35(2,3)4)46-22-12-8-11-21(17-22)37-30(40)24-13-6-9-20-10-7-14-25(29(20)24)33(42)43/h6-14,17,27H,5,15-16,19H2,1-4H3,(H,37,40)(H,38,41)(H,42,43). The van der Waals surface area contributed by atoms with Crippen molar-refractivity contribution in [1.29, 1.82) is 5.26 Å². The molecule has 3 amide bonds. The summed E-state index contributed by atoms with van der Waals surface area (Å²) < 4.78 is 5.51. The number of amides is 3. The lowest BCUT2D eigenvalue weighted by Crippen LogP contribution is -2.39. The summed E-state index contributed by atoms with van der Waals surface area (Å²) in [6.07, 6.45) is 0.578. The highest BCUT2D eigenvalue weighted by molar-refractivity contribution is 8.00. The number of benzene rings is 3. The van der Waals surface area contributed by atoms with Gasteiger partial charge in [-0.1, -0.05) is 37.3 Å². The summed E-state index contributed by atoms with van der Waals surface area (Å²) in [5.74, 6) is -1.83. The van der Waals surface area contributed by atoms with Gasteiger partial charge < -0.3 is 25.4 Å². The van der Waals surface area contributed by atoms with E-state index in [0.717, 1.165) is 15.3 Å². The highest BCUT2D eigenvalue weighted by Gasteiger charge is 2.31. The number of carboxylic acid groups (broad SMARTS) is 1. The van der Waals surface area contributed by atoms with Crippen LogP contribution in [0.1, 0.15) is 70.8 Å². The zero-order chi connectivity index (χ0) is 33.9. The first-order chi connectivity index (χ1) is 22.4. The average Bonchev–Trinajstić information content (AvgIpc) is 3.38. The number of nitrogens with zero attached hydrogens (tertiary/aromatic N) is 2. The van der Waals surface area contributed by atoms with E-state index in [1.165, 1.54) is 29.2 Å². The van der Waals surface area contributed by atoms with E-state index in [4.69, 9.17) is 4.74 Å². The van der Waals surface area contributed by atoms with E-state index < -0.39 is 28.8 Å². The molecule has 0 aliphatic carbocycles. The Morgan fingerprint density at radius 3 is 2.43 bits per heavy atom. The van der Waals surface area contributed by atoms with Gasteiger partial charge in [-0.05, 0) is 74.9 Å². The Morgan fingerprint density at radius 2 is 1.77 bits per heavy atom. The maximum Gasteiger partial charge on any atom is 0.410 e. The molecule has 1 atom stereocenters. The Bertz CT molecular complexity index is 1920. The highest BCUT2D eigenvalue weighted by Crippen LogP contribution is 2.38. The van der Waals surface area contributed by atoms with E-state index in [-0.39, 0.29) is 17.0 Å². The molecular weight excluding hydrogens is 637 g/mol. The minimum atomic E-state index is -1.12. The fourth-order valence-electron chi connectivity index (χ4n) is 5.33. The van der Waals surface area contributed by atoms with Crippen molar-refractivity contribution in [2.24, 2.45) is 0 Å². The number of carbonyl (C=O) groups is 4. The Hall–Kier alpha value is -4.86. The number of thioether (sulfide) groups is 1. The normalized spacial score (nSPS) is 13.3. The van der Waals surface area contributed by atoms with E-state index in [9.17, 15) is 29.5 Å². The average molecular weight is 671 g/mol. The van der Waals surface area contributed by atoms with Crippen molar-refractivity contribution in [2.45, 2.75) is 62.8 Å². The van der Waals surface area contributed by atoms with Crippen LogP contribution in [0.5, 0.6) is 0 Å². The topological polar surface area (TPSA) is 149 Å². The van der Waals surface area contributed by atoms with Crippen molar-refractivity contribution < 1.29 is 29.0 Å². The van der Waals surface area contributed by atoms with Crippen LogP contribution in [0, 0.1) is 11.3 Å². The van der Waals surface area contributed by atoms with E-state index in [1.54, 1.807) is 53.4 Å².